The van der Waals surface area contributed by atoms with Crippen LogP contribution in [0, 0.1) is 5.41 Å². The van der Waals surface area contributed by atoms with Crippen molar-refractivity contribution < 1.29 is 24.9 Å². The molecule has 1 unspecified atom stereocenters. The third-order valence-electron chi connectivity index (χ3n) is 5.10. The molecule has 0 heterocycles. The van der Waals surface area contributed by atoms with Crippen LogP contribution in [0.5, 0.6) is 0 Å². The minimum atomic E-state index is -1.24. The molecule has 0 saturated carbocycles. The molecule has 0 fully saturated rings. The van der Waals surface area contributed by atoms with Crippen molar-refractivity contribution in [1.82, 2.24) is 0 Å². The van der Waals surface area contributed by atoms with Crippen LogP contribution in [0.4, 0.5) is 0 Å². The zero-order chi connectivity index (χ0) is 17.6. The van der Waals surface area contributed by atoms with Crippen LogP contribution >= 0.6 is 0 Å². The van der Waals surface area contributed by atoms with E-state index in [0.717, 1.165) is 49.7 Å². The molecule has 0 bridgehead atoms. The van der Waals surface area contributed by atoms with Crippen molar-refractivity contribution in [1.29, 1.82) is 0 Å². The summed E-state index contributed by atoms with van der Waals surface area (Å²) in [6, 6.07) is 0. The highest BCUT2D eigenvalue weighted by atomic mass is 16.5. The summed E-state index contributed by atoms with van der Waals surface area (Å²) >= 11 is 0. The fourth-order valence-electron chi connectivity index (χ4n) is 3.10. The van der Waals surface area contributed by atoms with Crippen molar-refractivity contribution in [2.45, 2.75) is 51.6 Å². The number of ether oxygens (including phenoxy) is 1. The van der Waals surface area contributed by atoms with Crippen molar-refractivity contribution in [2.24, 2.45) is 5.41 Å². The van der Waals surface area contributed by atoms with E-state index in [4.69, 9.17) is 4.74 Å². The Labute approximate surface area is 143 Å². The molecule has 5 heteroatoms. The molecule has 0 spiro atoms. The Morgan fingerprint density at radius 2 is 1.79 bits per heavy atom. The standard InChI is InChI=1S/C19H28O5/c1-14(19(11-20,12-21)13-22)24-18(23)17(16-8-4-5-9-16)10-15-6-2-3-7-15/h6,8,10,14,20-22H,2-5,7,9,11-13H2,1H3/b17-10-. The molecule has 0 radical (unpaired) electrons. The predicted octanol–water partition coefficient (Wildman–Crippen LogP) is 2.03. The minimum Gasteiger partial charge on any atom is -0.458 e. The van der Waals surface area contributed by atoms with Gasteiger partial charge in [-0.2, -0.15) is 0 Å². The summed E-state index contributed by atoms with van der Waals surface area (Å²) in [7, 11) is 0. The molecule has 3 N–H and O–H groups in total. The highest BCUT2D eigenvalue weighted by Crippen LogP contribution is 2.31. The van der Waals surface area contributed by atoms with E-state index in [0.29, 0.717) is 5.57 Å². The lowest BCUT2D eigenvalue weighted by Gasteiger charge is -2.33. The van der Waals surface area contributed by atoms with E-state index in [-0.39, 0.29) is 0 Å². The largest absolute Gasteiger partial charge is 0.458 e. The molecular formula is C19H28O5. The summed E-state index contributed by atoms with van der Waals surface area (Å²) in [4.78, 5) is 12.7. The maximum atomic E-state index is 12.7. The Balaban J connectivity index is 2.19. The number of allylic oxidation sites excluding steroid dienone is 4. The average molecular weight is 336 g/mol. The molecule has 0 aliphatic heterocycles. The van der Waals surface area contributed by atoms with Crippen LogP contribution in [-0.4, -0.2) is 47.2 Å². The van der Waals surface area contributed by atoms with Gasteiger partial charge in [0.15, 0.2) is 0 Å². The van der Waals surface area contributed by atoms with Crippen LogP contribution in [0.3, 0.4) is 0 Å². The van der Waals surface area contributed by atoms with Crippen molar-refractivity contribution in [3.8, 4) is 0 Å². The number of carbonyl (C=O) groups excluding carboxylic acids is 1. The molecule has 0 saturated heterocycles. The molecule has 0 aromatic rings. The third-order valence-corrected chi connectivity index (χ3v) is 5.10. The van der Waals surface area contributed by atoms with Gasteiger partial charge in [0, 0.05) is 0 Å². The van der Waals surface area contributed by atoms with Gasteiger partial charge in [-0.05, 0) is 57.1 Å². The predicted molar refractivity (Wildman–Crippen MR) is 91.2 cm³/mol. The van der Waals surface area contributed by atoms with Crippen molar-refractivity contribution >= 4 is 5.97 Å². The molecule has 2 rings (SSSR count). The van der Waals surface area contributed by atoms with Gasteiger partial charge in [0.1, 0.15) is 6.10 Å². The number of hydrogen-bond donors (Lipinski definition) is 3. The summed E-state index contributed by atoms with van der Waals surface area (Å²) in [5.74, 6) is -0.455. The fraction of sp³-hybridized carbons (Fsp3) is 0.632. The van der Waals surface area contributed by atoms with E-state index in [2.05, 4.69) is 12.2 Å². The second kappa shape index (κ2) is 8.60. The van der Waals surface area contributed by atoms with E-state index in [1.54, 1.807) is 6.92 Å². The highest BCUT2D eigenvalue weighted by Gasteiger charge is 2.38. The van der Waals surface area contributed by atoms with Gasteiger partial charge in [0.25, 0.3) is 0 Å². The van der Waals surface area contributed by atoms with Crippen LogP contribution in [0.2, 0.25) is 0 Å². The Morgan fingerprint density at radius 1 is 1.17 bits per heavy atom. The molecular weight excluding hydrogens is 308 g/mol. The van der Waals surface area contributed by atoms with Gasteiger partial charge in [-0.3, -0.25) is 0 Å². The molecule has 1 atom stereocenters. The molecule has 24 heavy (non-hydrogen) atoms. The molecule has 2 aliphatic rings. The first kappa shape index (κ1) is 18.9. The normalized spacial score (nSPS) is 19.9. The zero-order valence-corrected chi connectivity index (χ0v) is 14.3. The van der Waals surface area contributed by atoms with Gasteiger partial charge in [-0.15, -0.1) is 0 Å². The molecule has 134 valence electrons. The number of hydrogen-bond acceptors (Lipinski definition) is 5. The van der Waals surface area contributed by atoms with E-state index >= 15 is 0 Å². The summed E-state index contributed by atoms with van der Waals surface area (Å²) in [5, 5.41) is 28.5. The van der Waals surface area contributed by atoms with Crippen LogP contribution < -0.4 is 0 Å². The number of rotatable bonds is 8. The Hall–Kier alpha value is -1.43. The summed E-state index contributed by atoms with van der Waals surface area (Å²) < 4.78 is 5.52. The molecule has 0 aromatic carbocycles. The first-order valence-electron chi connectivity index (χ1n) is 8.70. The van der Waals surface area contributed by atoms with Gasteiger partial charge in [0.05, 0.1) is 30.8 Å². The van der Waals surface area contributed by atoms with Gasteiger partial charge >= 0.3 is 5.97 Å². The third kappa shape index (κ3) is 4.15. The smallest absolute Gasteiger partial charge is 0.338 e. The number of carbonyl (C=O) groups is 1. The second-order valence-electron chi connectivity index (χ2n) is 6.74. The van der Waals surface area contributed by atoms with E-state index < -0.39 is 37.3 Å². The van der Waals surface area contributed by atoms with Crippen LogP contribution in [0.25, 0.3) is 0 Å². The molecule has 5 nitrogen and oxygen atoms in total. The van der Waals surface area contributed by atoms with Crippen LogP contribution in [0.15, 0.2) is 34.9 Å². The van der Waals surface area contributed by atoms with Gasteiger partial charge in [-0.1, -0.05) is 17.7 Å². The fourth-order valence-corrected chi connectivity index (χ4v) is 3.10. The zero-order valence-electron chi connectivity index (χ0n) is 14.3. The maximum absolute atomic E-state index is 12.7. The number of aliphatic hydroxyl groups is 3. The first-order valence-corrected chi connectivity index (χ1v) is 8.70. The van der Waals surface area contributed by atoms with Crippen molar-refractivity contribution in [3.63, 3.8) is 0 Å². The number of aliphatic hydroxyl groups excluding tert-OH is 3. The lowest BCUT2D eigenvalue weighted by Crippen LogP contribution is -2.46. The summed E-state index contributed by atoms with van der Waals surface area (Å²) in [5.41, 5.74) is 1.48. The van der Waals surface area contributed by atoms with E-state index in [1.165, 1.54) is 0 Å². The quantitative estimate of drug-likeness (QED) is 0.466. The van der Waals surface area contributed by atoms with Crippen LogP contribution in [0.1, 0.15) is 45.4 Å². The average Bonchev–Trinajstić information content (AvgIpc) is 3.28. The van der Waals surface area contributed by atoms with Crippen molar-refractivity contribution in [3.05, 3.63) is 34.9 Å². The minimum absolute atomic E-state index is 0.455. The summed E-state index contributed by atoms with van der Waals surface area (Å²) in [6.45, 7) is 0.222. The Bertz CT molecular complexity index is 532. The van der Waals surface area contributed by atoms with Crippen LogP contribution in [-0.2, 0) is 9.53 Å². The van der Waals surface area contributed by atoms with Gasteiger partial charge < -0.3 is 20.1 Å². The highest BCUT2D eigenvalue weighted by molar-refractivity contribution is 5.94. The topological polar surface area (TPSA) is 87.0 Å². The Kier molecular flexibility index (Phi) is 6.78. The molecule has 0 aromatic heterocycles. The Morgan fingerprint density at radius 3 is 2.29 bits per heavy atom. The van der Waals surface area contributed by atoms with E-state index in [1.807, 2.05) is 6.08 Å². The second-order valence-corrected chi connectivity index (χ2v) is 6.74. The number of esters is 1. The SMILES string of the molecule is CC(OC(=O)/C(=C\C1=CCCC1)C1=CCCC1)C(CO)(CO)CO. The van der Waals surface area contributed by atoms with E-state index in [9.17, 15) is 20.1 Å². The monoisotopic (exact) mass is 336 g/mol. The summed E-state index contributed by atoms with van der Waals surface area (Å²) in [6.07, 6.45) is 11.3. The van der Waals surface area contributed by atoms with Gasteiger partial charge in [0.2, 0.25) is 0 Å². The first-order chi connectivity index (χ1) is 11.6. The lowest BCUT2D eigenvalue weighted by atomic mass is 9.85. The lowest BCUT2D eigenvalue weighted by molar-refractivity contribution is -0.158. The van der Waals surface area contributed by atoms with Crippen molar-refractivity contribution in [2.75, 3.05) is 19.8 Å². The maximum Gasteiger partial charge on any atom is 0.338 e. The van der Waals surface area contributed by atoms with Gasteiger partial charge in [-0.25, -0.2) is 4.79 Å². The molecule has 2 aliphatic carbocycles. The molecule has 0 amide bonds.